The largest absolute Gasteiger partial charge is 0.494 e. The molecule has 23 heavy (non-hydrogen) atoms. The van der Waals surface area contributed by atoms with Gasteiger partial charge in [-0.25, -0.2) is 0 Å². The number of nitrogens with zero attached hydrogens (tertiary/aromatic N) is 1. The van der Waals surface area contributed by atoms with Crippen LogP contribution in [0, 0.1) is 13.8 Å². The molecule has 2 nitrogen and oxygen atoms in total. The molecule has 0 radical (unpaired) electrons. The third kappa shape index (κ3) is 3.07. The van der Waals surface area contributed by atoms with Gasteiger partial charge in [-0.1, -0.05) is 42.5 Å². The first-order valence-electron chi connectivity index (χ1n) is 7.76. The SMILES string of the molecule is COc1c(C)cc(C)cc1N(c1ccccc1)c1ccccc1. The average molecular weight is 303 g/mol. The van der Waals surface area contributed by atoms with Crippen LogP contribution >= 0.6 is 0 Å². The zero-order valence-electron chi connectivity index (χ0n) is 13.8. The van der Waals surface area contributed by atoms with Gasteiger partial charge in [0.25, 0.3) is 0 Å². The highest BCUT2D eigenvalue weighted by atomic mass is 16.5. The van der Waals surface area contributed by atoms with Crippen molar-refractivity contribution in [2.24, 2.45) is 0 Å². The highest BCUT2D eigenvalue weighted by Crippen LogP contribution is 2.41. The molecule has 0 spiro atoms. The summed E-state index contributed by atoms with van der Waals surface area (Å²) in [5, 5.41) is 0. The molecule has 0 aromatic heterocycles. The Balaban J connectivity index is 2.25. The predicted molar refractivity (Wildman–Crippen MR) is 97.2 cm³/mol. The Morgan fingerprint density at radius 2 is 1.26 bits per heavy atom. The molecule has 0 heterocycles. The van der Waals surface area contributed by atoms with E-state index < -0.39 is 0 Å². The van der Waals surface area contributed by atoms with Crippen LogP contribution in [0.1, 0.15) is 11.1 Å². The summed E-state index contributed by atoms with van der Waals surface area (Å²) in [6, 6.07) is 25.1. The fourth-order valence-corrected chi connectivity index (χ4v) is 2.94. The number of anilines is 3. The van der Waals surface area contributed by atoms with E-state index in [1.807, 2.05) is 12.1 Å². The fraction of sp³-hybridized carbons (Fsp3) is 0.143. The minimum absolute atomic E-state index is 0.906. The summed E-state index contributed by atoms with van der Waals surface area (Å²) in [4.78, 5) is 2.23. The van der Waals surface area contributed by atoms with E-state index in [4.69, 9.17) is 4.74 Å². The summed E-state index contributed by atoms with van der Waals surface area (Å²) < 4.78 is 5.71. The van der Waals surface area contributed by atoms with E-state index in [0.717, 1.165) is 28.4 Å². The zero-order chi connectivity index (χ0) is 16.2. The van der Waals surface area contributed by atoms with Crippen LogP contribution in [0.4, 0.5) is 17.1 Å². The summed E-state index contributed by atoms with van der Waals surface area (Å²) in [5.41, 5.74) is 5.64. The number of para-hydroxylation sites is 2. The van der Waals surface area contributed by atoms with E-state index in [2.05, 4.69) is 79.4 Å². The van der Waals surface area contributed by atoms with Crippen molar-refractivity contribution in [1.82, 2.24) is 0 Å². The van der Waals surface area contributed by atoms with E-state index in [1.54, 1.807) is 7.11 Å². The summed E-state index contributed by atoms with van der Waals surface area (Å²) in [6.07, 6.45) is 0. The second kappa shape index (κ2) is 6.57. The zero-order valence-corrected chi connectivity index (χ0v) is 13.8. The maximum Gasteiger partial charge on any atom is 0.145 e. The van der Waals surface area contributed by atoms with Crippen molar-refractivity contribution in [1.29, 1.82) is 0 Å². The van der Waals surface area contributed by atoms with Crippen LogP contribution < -0.4 is 9.64 Å². The minimum Gasteiger partial charge on any atom is -0.494 e. The monoisotopic (exact) mass is 303 g/mol. The standard InChI is InChI=1S/C21H21NO/c1-16-14-17(2)21(23-3)20(15-16)22(18-10-6-4-7-11-18)19-12-8-5-9-13-19/h4-15H,1-3H3. The third-order valence-electron chi connectivity index (χ3n) is 3.87. The van der Waals surface area contributed by atoms with Gasteiger partial charge in [0.05, 0.1) is 12.8 Å². The van der Waals surface area contributed by atoms with Crippen molar-refractivity contribution in [3.8, 4) is 5.75 Å². The van der Waals surface area contributed by atoms with Crippen LogP contribution in [-0.2, 0) is 0 Å². The number of hydrogen-bond donors (Lipinski definition) is 0. The number of aryl methyl sites for hydroxylation is 2. The summed E-state index contributed by atoms with van der Waals surface area (Å²) in [5.74, 6) is 0.906. The number of hydrogen-bond acceptors (Lipinski definition) is 2. The molecule has 0 N–H and O–H groups in total. The van der Waals surface area contributed by atoms with E-state index in [9.17, 15) is 0 Å². The number of ether oxygens (including phenoxy) is 1. The molecule has 0 aliphatic heterocycles. The molecule has 3 aromatic carbocycles. The molecule has 0 amide bonds. The van der Waals surface area contributed by atoms with Crippen LogP contribution in [0.3, 0.4) is 0 Å². The smallest absolute Gasteiger partial charge is 0.145 e. The van der Waals surface area contributed by atoms with Crippen molar-refractivity contribution in [3.63, 3.8) is 0 Å². The number of rotatable bonds is 4. The molecule has 2 heteroatoms. The average Bonchev–Trinajstić information content (AvgIpc) is 2.57. The van der Waals surface area contributed by atoms with Crippen LogP contribution in [0.5, 0.6) is 5.75 Å². The Morgan fingerprint density at radius 3 is 1.74 bits per heavy atom. The van der Waals surface area contributed by atoms with Crippen LogP contribution in [0.2, 0.25) is 0 Å². The van der Waals surface area contributed by atoms with Gasteiger partial charge < -0.3 is 9.64 Å². The predicted octanol–water partition coefficient (Wildman–Crippen LogP) is 5.78. The van der Waals surface area contributed by atoms with Gasteiger partial charge in [-0.3, -0.25) is 0 Å². The quantitative estimate of drug-likeness (QED) is 0.605. The second-order valence-electron chi connectivity index (χ2n) is 5.64. The first-order chi connectivity index (χ1) is 11.2. The van der Waals surface area contributed by atoms with Crippen LogP contribution in [0.25, 0.3) is 0 Å². The van der Waals surface area contributed by atoms with Gasteiger partial charge in [-0.2, -0.15) is 0 Å². The highest BCUT2D eigenvalue weighted by molar-refractivity contribution is 5.81. The first kappa shape index (κ1) is 15.2. The molecule has 0 saturated heterocycles. The van der Waals surface area contributed by atoms with Crippen LogP contribution in [0.15, 0.2) is 72.8 Å². The Kier molecular flexibility index (Phi) is 4.33. The number of benzene rings is 3. The van der Waals surface area contributed by atoms with E-state index in [1.165, 1.54) is 5.56 Å². The Hall–Kier alpha value is -2.74. The lowest BCUT2D eigenvalue weighted by Gasteiger charge is -2.28. The van der Waals surface area contributed by atoms with Crippen molar-refractivity contribution in [3.05, 3.63) is 83.9 Å². The molecule has 116 valence electrons. The summed E-state index contributed by atoms with van der Waals surface area (Å²) in [7, 11) is 1.73. The van der Waals surface area contributed by atoms with Crippen molar-refractivity contribution >= 4 is 17.1 Å². The lowest BCUT2D eigenvalue weighted by molar-refractivity contribution is 0.413. The maximum atomic E-state index is 5.71. The number of methoxy groups -OCH3 is 1. The molecule has 3 rings (SSSR count). The summed E-state index contributed by atoms with van der Waals surface area (Å²) >= 11 is 0. The third-order valence-corrected chi connectivity index (χ3v) is 3.87. The molecular weight excluding hydrogens is 282 g/mol. The van der Waals surface area contributed by atoms with Gasteiger partial charge in [-0.05, 0) is 55.3 Å². The van der Waals surface area contributed by atoms with Crippen molar-refractivity contribution < 1.29 is 4.74 Å². The molecule has 0 aliphatic rings. The van der Waals surface area contributed by atoms with E-state index >= 15 is 0 Å². The topological polar surface area (TPSA) is 12.5 Å². The second-order valence-corrected chi connectivity index (χ2v) is 5.64. The van der Waals surface area contributed by atoms with Gasteiger partial charge in [0.15, 0.2) is 0 Å². The Labute approximate surface area is 138 Å². The molecule has 0 unspecified atom stereocenters. The molecule has 0 atom stereocenters. The first-order valence-corrected chi connectivity index (χ1v) is 7.76. The minimum atomic E-state index is 0.906. The van der Waals surface area contributed by atoms with Crippen molar-refractivity contribution in [2.75, 3.05) is 12.0 Å². The Morgan fingerprint density at radius 1 is 0.739 bits per heavy atom. The highest BCUT2D eigenvalue weighted by Gasteiger charge is 2.18. The molecular formula is C21H21NO. The molecule has 3 aromatic rings. The van der Waals surface area contributed by atoms with E-state index in [-0.39, 0.29) is 0 Å². The Bertz CT molecular complexity index is 742. The lowest BCUT2D eigenvalue weighted by Crippen LogP contribution is -2.12. The summed E-state index contributed by atoms with van der Waals surface area (Å²) in [6.45, 7) is 4.20. The molecule has 0 aliphatic carbocycles. The van der Waals surface area contributed by atoms with E-state index in [0.29, 0.717) is 0 Å². The fourth-order valence-electron chi connectivity index (χ4n) is 2.94. The van der Waals surface area contributed by atoms with Gasteiger partial charge in [0, 0.05) is 11.4 Å². The normalized spacial score (nSPS) is 10.4. The van der Waals surface area contributed by atoms with Gasteiger partial charge in [-0.15, -0.1) is 0 Å². The molecule has 0 fully saturated rings. The van der Waals surface area contributed by atoms with Crippen LogP contribution in [-0.4, -0.2) is 7.11 Å². The van der Waals surface area contributed by atoms with Gasteiger partial charge in [0.1, 0.15) is 5.75 Å². The van der Waals surface area contributed by atoms with Crippen molar-refractivity contribution in [2.45, 2.75) is 13.8 Å². The molecule has 0 bridgehead atoms. The maximum absolute atomic E-state index is 5.71. The lowest BCUT2D eigenvalue weighted by atomic mass is 10.1. The molecule has 0 saturated carbocycles. The van der Waals surface area contributed by atoms with Gasteiger partial charge in [0.2, 0.25) is 0 Å². The van der Waals surface area contributed by atoms with Gasteiger partial charge >= 0.3 is 0 Å².